The minimum absolute atomic E-state index is 0. The average molecular weight is 356 g/mol. The van der Waals surface area contributed by atoms with E-state index in [2.05, 4.69) is 0 Å². The van der Waals surface area contributed by atoms with E-state index in [1.54, 1.807) is 12.1 Å². The van der Waals surface area contributed by atoms with Gasteiger partial charge in [0.1, 0.15) is 6.29 Å². The van der Waals surface area contributed by atoms with Crippen LogP contribution in [0, 0.1) is 41.7 Å². The molecule has 2 rings (SSSR count). The largest absolute Gasteiger partial charge is 0.478 e. The smallest absolute Gasteiger partial charge is 0.336 e. The minimum atomic E-state index is -0.878. The summed E-state index contributed by atoms with van der Waals surface area (Å²) in [4.78, 5) is 19.6. The standard InChI is InChI=1S/C11H8O2.C2H4O.Ce/c12-11(13)10-7-3-5-8-4-1-2-6-9(8)10;1-2-3;/h1-7H,(H,12,13);2H,1H3;. The molecule has 1 N–H and O–H groups in total. The topological polar surface area (TPSA) is 54.4 Å². The monoisotopic (exact) mass is 356 g/mol. The van der Waals surface area contributed by atoms with Crippen molar-refractivity contribution in [1.29, 1.82) is 0 Å². The van der Waals surface area contributed by atoms with Crippen LogP contribution in [0.4, 0.5) is 0 Å². The number of rotatable bonds is 1. The number of carboxylic acids is 1. The molecule has 0 saturated carbocycles. The van der Waals surface area contributed by atoms with E-state index >= 15 is 0 Å². The van der Waals surface area contributed by atoms with Crippen molar-refractivity contribution in [3.8, 4) is 0 Å². The van der Waals surface area contributed by atoms with E-state index in [9.17, 15) is 4.79 Å². The number of benzene rings is 2. The van der Waals surface area contributed by atoms with E-state index in [4.69, 9.17) is 9.90 Å². The predicted octanol–water partition coefficient (Wildman–Crippen LogP) is 2.74. The molecule has 0 aliphatic heterocycles. The summed E-state index contributed by atoms with van der Waals surface area (Å²) in [5.41, 5.74) is 0.359. The molecule has 4 heteroatoms. The minimum Gasteiger partial charge on any atom is -0.478 e. The molecule has 2 aromatic rings. The summed E-state index contributed by atoms with van der Waals surface area (Å²) in [7, 11) is 0. The van der Waals surface area contributed by atoms with Crippen molar-refractivity contribution in [1.82, 2.24) is 0 Å². The van der Waals surface area contributed by atoms with E-state index < -0.39 is 5.97 Å². The molecule has 0 fully saturated rings. The van der Waals surface area contributed by atoms with Crippen molar-refractivity contribution in [3.63, 3.8) is 0 Å². The molecule has 17 heavy (non-hydrogen) atoms. The van der Waals surface area contributed by atoms with Gasteiger partial charge in [0.2, 0.25) is 0 Å². The zero-order valence-corrected chi connectivity index (χ0v) is 12.5. The van der Waals surface area contributed by atoms with Crippen LogP contribution in [-0.4, -0.2) is 17.4 Å². The van der Waals surface area contributed by atoms with E-state index in [1.165, 1.54) is 6.92 Å². The van der Waals surface area contributed by atoms with E-state index in [1.807, 2.05) is 30.3 Å². The molecule has 0 bridgehead atoms. The summed E-state index contributed by atoms with van der Waals surface area (Å²) < 4.78 is 0. The fraction of sp³-hybridized carbons (Fsp3) is 0.0769. The van der Waals surface area contributed by atoms with E-state index in [-0.39, 0.29) is 41.7 Å². The van der Waals surface area contributed by atoms with Crippen LogP contribution in [0.2, 0.25) is 0 Å². The van der Waals surface area contributed by atoms with Crippen LogP contribution in [0.25, 0.3) is 10.8 Å². The summed E-state index contributed by atoms with van der Waals surface area (Å²) in [6.45, 7) is 1.44. The summed E-state index contributed by atoms with van der Waals surface area (Å²) in [5.74, 6) is -0.878. The van der Waals surface area contributed by atoms with Gasteiger partial charge >= 0.3 is 5.97 Å². The second-order valence-electron chi connectivity index (χ2n) is 3.07. The SMILES string of the molecule is CC=O.O=C(O)c1cccc2ccccc12.[Ce]. The van der Waals surface area contributed by atoms with Gasteiger partial charge in [-0.25, -0.2) is 4.79 Å². The number of fused-ring (bicyclic) bond motifs is 1. The Labute approximate surface area is 133 Å². The van der Waals surface area contributed by atoms with Crippen molar-refractivity contribution in [2.45, 2.75) is 6.92 Å². The van der Waals surface area contributed by atoms with Gasteiger partial charge in [-0.05, 0) is 23.8 Å². The molecule has 2 aromatic carbocycles. The quantitative estimate of drug-likeness (QED) is 0.800. The molecule has 0 aromatic heterocycles. The van der Waals surface area contributed by atoms with E-state index in [0.29, 0.717) is 5.56 Å². The maximum Gasteiger partial charge on any atom is 0.336 e. The molecule has 0 saturated heterocycles. The summed E-state index contributed by atoms with van der Waals surface area (Å²) >= 11 is 0. The van der Waals surface area contributed by atoms with Crippen LogP contribution in [-0.2, 0) is 4.79 Å². The number of hydrogen-bond donors (Lipinski definition) is 1. The van der Waals surface area contributed by atoms with Gasteiger partial charge in [0.25, 0.3) is 0 Å². The summed E-state index contributed by atoms with van der Waals surface area (Å²) in [6, 6.07) is 12.7. The third kappa shape index (κ3) is 4.53. The first kappa shape index (κ1) is 16.2. The Balaban J connectivity index is 0.000000583. The van der Waals surface area contributed by atoms with Crippen molar-refractivity contribution in [2.24, 2.45) is 0 Å². The maximum atomic E-state index is 10.8. The van der Waals surface area contributed by atoms with Gasteiger partial charge in [0.15, 0.2) is 0 Å². The van der Waals surface area contributed by atoms with Gasteiger partial charge in [-0.2, -0.15) is 0 Å². The van der Waals surface area contributed by atoms with Gasteiger partial charge < -0.3 is 9.90 Å². The Morgan fingerprint density at radius 2 is 1.65 bits per heavy atom. The van der Waals surface area contributed by atoms with Crippen LogP contribution in [0.15, 0.2) is 42.5 Å². The normalized spacial score (nSPS) is 8.53. The van der Waals surface area contributed by atoms with Gasteiger partial charge in [0, 0.05) is 41.7 Å². The fourth-order valence-electron chi connectivity index (χ4n) is 1.41. The second-order valence-corrected chi connectivity index (χ2v) is 3.07. The molecule has 0 spiro atoms. The fourth-order valence-corrected chi connectivity index (χ4v) is 1.41. The van der Waals surface area contributed by atoms with Crippen molar-refractivity contribution in [3.05, 3.63) is 48.0 Å². The first-order chi connectivity index (χ1) is 7.70. The Hall–Kier alpha value is -0.783. The number of hydrogen-bond acceptors (Lipinski definition) is 2. The molecule has 0 heterocycles. The Morgan fingerprint density at radius 1 is 1.12 bits per heavy atom. The number of carbonyl (C=O) groups is 2. The molecule has 0 amide bonds. The third-order valence-electron chi connectivity index (χ3n) is 2.02. The maximum absolute atomic E-state index is 10.8. The first-order valence-electron chi connectivity index (χ1n) is 4.81. The number of aromatic carboxylic acids is 1. The average Bonchev–Trinajstić information content (AvgIpc) is 2.29. The van der Waals surface area contributed by atoms with Crippen molar-refractivity contribution >= 4 is 23.0 Å². The first-order valence-corrected chi connectivity index (χ1v) is 4.81. The molecule has 3 nitrogen and oxygen atoms in total. The van der Waals surface area contributed by atoms with Crippen molar-refractivity contribution < 1.29 is 56.4 Å². The molecular weight excluding hydrogens is 344 g/mol. The van der Waals surface area contributed by atoms with Crippen LogP contribution in [0.3, 0.4) is 0 Å². The second kappa shape index (κ2) is 8.33. The Bertz CT molecular complexity index is 503. The van der Waals surface area contributed by atoms with Gasteiger partial charge in [-0.15, -0.1) is 0 Å². The summed E-state index contributed by atoms with van der Waals surface area (Å²) in [5, 5.41) is 10.6. The van der Waals surface area contributed by atoms with Crippen LogP contribution in [0.5, 0.6) is 0 Å². The van der Waals surface area contributed by atoms with Crippen LogP contribution in [0.1, 0.15) is 17.3 Å². The molecule has 0 aliphatic carbocycles. The zero-order chi connectivity index (χ0) is 12.0. The van der Waals surface area contributed by atoms with Crippen LogP contribution < -0.4 is 0 Å². The molecule has 86 valence electrons. The Kier molecular flexibility index (Phi) is 7.94. The molecule has 0 unspecified atom stereocenters. The van der Waals surface area contributed by atoms with Gasteiger partial charge in [-0.3, -0.25) is 0 Å². The predicted molar refractivity (Wildman–Crippen MR) is 62.6 cm³/mol. The molecule has 0 atom stereocenters. The molecule has 0 radical (unpaired) electrons. The van der Waals surface area contributed by atoms with Crippen LogP contribution >= 0.6 is 0 Å². The Morgan fingerprint density at radius 3 is 2.24 bits per heavy atom. The summed E-state index contributed by atoms with van der Waals surface area (Å²) in [6.07, 6.45) is 0.750. The van der Waals surface area contributed by atoms with Gasteiger partial charge in [0.05, 0.1) is 5.56 Å². The van der Waals surface area contributed by atoms with E-state index in [0.717, 1.165) is 17.1 Å². The molecular formula is C13H12CeO3. The third-order valence-corrected chi connectivity index (χ3v) is 2.02. The number of aldehydes is 1. The van der Waals surface area contributed by atoms with Gasteiger partial charge in [-0.1, -0.05) is 36.4 Å². The number of carboxylic acid groups (broad SMARTS) is 1. The molecule has 0 aliphatic rings. The zero-order valence-electron chi connectivity index (χ0n) is 9.38. The number of carbonyl (C=O) groups excluding carboxylic acids is 1. The van der Waals surface area contributed by atoms with Crippen molar-refractivity contribution in [2.75, 3.05) is 0 Å².